The average molecular weight is 398 g/mol. The Morgan fingerprint density at radius 1 is 1.29 bits per heavy atom. The molecule has 1 aliphatic rings. The van der Waals surface area contributed by atoms with Crippen molar-refractivity contribution in [1.82, 2.24) is 20.3 Å². The molecule has 1 aliphatic heterocycles. The van der Waals surface area contributed by atoms with E-state index >= 15 is 0 Å². The fraction of sp³-hybridized carbons (Fsp3) is 0.400. The van der Waals surface area contributed by atoms with Crippen molar-refractivity contribution in [3.8, 4) is 0 Å². The summed E-state index contributed by atoms with van der Waals surface area (Å²) >= 11 is 1.48. The number of carbonyl (C=O) groups is 1. The normalized spacial score (nSPS) is 16.0. The van der Waals surface area contributed by atoms with Crippen molar-refractivity contribution in [2.24, 2.45) is 5.92 Å². The number of rotatable bonds is 6. The van der Waals surface area contributed by atoms with Crippen molar-refractivity contribution in [3.63, 3.8) is 0 Å². The topological polar surface area (TPSA) is 89.0 Å². The van der Waals surface area contributed by atoms with Crippen molar-refractivity contribution in [2.75, 3.05) is 25.1 Å². The zero-order chi connectivity index (χ0) is 19.3. The molecule has 146 valence electrons. The number of pyridine rings is 1. The van der Waals surface area contributed by atoms with E-state index in [2.05, 4.69) is 25.6 Å². The molecule has 3 aromatic heterocycles. The number of fused-ring (bicyclic) bond motifs is 1. The van der Waals surface area contributed by atoms with Gasteiger partial charge in [0, 0.05) is 26.0 Å². The number of thiophene rings is 1. The molecule has 1 amide bonds. The highest BCUT2D eigenvalue weighted by molar-refractivity contribution is 7.17. The van der Waals surface area contributed by atoms with Gasteiger partial charge in [-0.05, 0) is 49.3 Å². The first-order valence-electron chi connectivity index (χ1n) is 9.49. The molecule has 1 fully saturated rings. The minimum absolute atomic E-state index is 0.0737. The Bertz CT molecular complexity index is 940. The molecular weight excluding hydrogens is 374 g/mol. The Hall–Kier alpha value is -2.58. The molecule has 4 rings (SSSR count). The summed E-state index contributed by atoms with van der Waals surface area (Å²) in [5.74, 6) is 0.732. The lowest BCUT2D eigenvalue weighted by molar-refractivity contribution is 0.0642. The quantitative estimate of drug-likeness (QED) is 0.663. The largest absolute Gasteiger partial charge is 0.381 e. The Labute approximate surface area is 167 Å². The predicted molar refractivity (Wildman–Crippen MR) is 110 cm³/mol. The van der Waals surface area contributed by atoms with E-state index in [0.717, 1.165) is 42.0 Å². The highest BCUT2D eigenvalue weighted by Gasteiger charge is 2.20. The van der Waals surface area contributed by atoms with E-state index in [4.69, 9.17) is 4.74 Å². The van der Waals surface area contributed by atoms with Crippen LogP contribution in [0.5, 0.6) is 0 Å². The zero-order valence-corrected chi connectivity index (χ0v) is 16.5. The van der Waals surface area contributed by atoms with Crippen molar-refractivity contribution in [2.45, 2.75) is 25.8 Å². The van der Waals surface area contributed by atoms with E-state index in [0.29, 0.717) is 24.1 Å². The molecule has 7 nitrogen and oxygen atoms in total. The summed E-state index contributed by atoms with van der Waals surface area (Å²) in [6.45, 7) is 4.17. The Balaban J connectivity index is 1.52. The molecule has 0 spiro atoms. The summed E-state index contributed by atoms with van der Waals surface area (Å²) in [6, 6.07) is 7.61. The first-order chi connectivity index (χ1) is 13.7. The molecule has 4 heterocycles. The first kappa shape index (κ1) is 18.8. The molecule has 0 radical (unpaired) electrons. The van der Waals surface area contributed by atoms with E-state index < -0.39 is 0 Å². The number of anilines is 1. The molecule has 0 saturated carbocycles. The minimum atomic E-state index is -0.158. The van der Waals surface area contributed by atoms with Gasteiger partial charge in [-0.3, -0.25) is 9.78 Å². The van der Waals surface area contributed by atoms with E-state index in [9.17, 15) is 4.79 Å². The van der Waals surface area contributed by atoms with Crippen LogP contribution in [0.3, 0.4) is 0 Å². The molecule has 0 aliphatic carbocycles. The number of hydrogen-bond acceptors (Lipinski definition) is 7. The van der Waals surface area contributed by atoms with Crippen molar-refractivity contribution < 1.29 is 9.53 Å². The molecule has 2 N–H and O–H groups in total. The smallest absolute Gasteiger partial charge is 0.271 e. The summed E-state index contributed by atoms with van der Waals surface area (Å²) in [5, 5.41) is 8.24. The molecule has 8 heteroatoms. The molecule has 0 bridgehead atoms. The van der Waals surface area contributed by atoms with Gasteiger partial charge in [-0.1, -0.05) is 6.07 Å². The van der Waals surface area contributed by atoms with Gasteiger partial charge in [0.05, 0.1) is 22.0 Å². The van der Waals surface area contributed by atoms with Gasteiger partial charge in [0.2, 0.25) is 5.95 Å². The lowest BCUT2D eigenvalue weighted by Crippen LogP contribution is -2.32. The van der Waals surface area contributed by atoms with Crippen LogP contribution >= 0.6 is 11.3 Å². The number of nitrogens with zero attached hydrogens (tertiary/aromatic N) is 3. The number of aromatic nitrogens is 3. The molecule has 1 saturated heterocycles. The van der Waals surface area contributed by atoms with Gasteiger partial charge in [-0.25, -0.2) is 9.97 Å². The van der Waals surface area contributed by atoms with E-state index in [1.54, 1.807) is 6.20 Å². The number of amides is 1. The third-order valence-corrected chi connectivity index (χ3v) is 5.80. The van der Waals surface area contributed by atoms with Crippen molar-refractivity contribution in [3.05, 3.63) is 47.2 Å². The van der Waals surface area contributed by atoms with Crippen LogP contribution in [0.4, 0.5) is 5.95 Å². The van der Waals surface area contributed by atoms with E-state index in [1.807, 2.05) is 36.6 Å². The van der Waals surface area contributed by atoms with Crippen LogP contribution in [0, 0.1) is 5.92 Å². The SMILES string of the molecule is CC(Nc1nc(C(=O)NCC2CCOCC2)c2sccc2n1)c1ccccn1. The van der Waals surface area contributed by atoms with E-state index in [-0.39, 0.29) is 11.9 Å². The van der Waals surface area contributed by atoms with Gasteiger partial charge in [0.15, 0.2) is 5.69 Å². The molecule has 3 aromatic rings. The Morgan fingerprint density at radius 2 is 2.14 bits per heavy atom. The van der Waals surface area contributed by atoms with Gasteiger partial charge in [-0.15, -0.1) is 11.3 Å². The number of nitrogens with one attached hydrogen (secondary N) is 2. The van der Waals surface area contributed by atoms with Crippen LogP contribution < -0.4 is 10.6 Å². The van der Waals surface area contributed by atoms with Gasteiger partial charge in [0.25, 0.3) is 5.91 Å². The summed E-state index contributed by atoms with van der Waals surface area (Å²) in [7, 11) is 0. The van der Waals surface area contributed by atoms with E-state index in [1.165, 1.54) is 11.3 Å². The van der Waals surface area contributed by atoms with Crippen LogP contribution in [0.15, 0.2) is 35.8 Å². The van der Waals surface area contributed by atoms with Crippen LogP contribution in [0.2, 0.25) is 0 Å². The molecule has 28 heavy (non-hydrogen) atoms. The predicted octanol–water partition coefficient (Wildman–Crippen LogP) is 3.42. The molecule has 0 aromatic carbocycles. The highest BCUT2D eigenvalue weighted by atomic mass is 32.1. The zero-order valence-electron chi connectivity index (χ0n) is 15.7. The molecule has 1 unspecified atom stereocenters. The second kappa shape index (κ2) is 8.62. The average Bonchev–Trinajstić information content (AvgIpc) is 3.21. The van der Waals surface area contributed by atoms with Gasteiger partial charge >= 0.3 is 0 Å². The Kier molecular flexibility index (Phi) is 5.78. The second-order valence-corrected chi connectivity index (χ2v) is 7.83. The van der Waals surface area contributed by atoms with Gasteiger partial charge < -0.3 is 15.4 Å². The third-order valence-electron chi connectivity index (χ3n) is 4.89. The monoisotopic (exact) mass is 397 g/mol. The van der Waals surface area contributed by atoms with Crippen LogP contribution in [-0.2, 0) is 4.74 Å². The number of hydrogen-bond donors (Lipinski definition) is 2. The Morgan fingerprint density at radius 3 is 2.93 bits per heavy atom. The van der Waals surface area contributed by atoms with Crippen LogP contribution in [0.1, 0.15) is 42.0 Å². The summed E-state index contributed by atoms with van der Waals surface area (Å²) in [5.41, 5.74) is 2.08. The standard InChI is InChI=1S/C20H23N5O2S/c1-13(15-4-2-3-8-21-15)23-20-24-16-7-11-28-18(16)17(25-20)19(26)22-12-14-5-9-27-10-6-14/h2-4,7-8,11,13-14H,5-6,9-10,12H2,1H3,(H,22,26)(H,23,24,25). The minimum Gasteiger partial charge on any atom is -0.381 e. The maximum absolute atomic E-state index is 12.8. The fourth-order valence-electron chi connectivity index (χ4n) is 3.25. The highest BCUT2D eigenvalue weighted by Crippen LogP contribution is 2.25. The molecule has 1 atom stereocenters. The lowest BCUT2D eigenvalue weighted by Gasteiger charge is -2.22. The van der Waals surface area contributed by atoms with Crippen LogP contribution in [-0.4, -0.2) is 40.6 Å². The second-order valence-electron chi connectivity index (χ2n) is 6.92. The van der Waals surface area contributed by atoms with Crippen molar-refractivity contribution in [1.29, 1.82) is 0 Å². The van der Waals surface area contributed by atoms with Crippen LogP contribution in [0.25, 0.3) is 10.2 Å². The number of ether oxygens (including phenoxy) is 1. The maximum Gasteiger partial charge on any atom is 0.271 e. The molecular formula is C20H23N5O2S. The number of carbonyl (C=O) groups excluding carboxylic acids is 1. The van der Waals surface area contributed by atoms with Gasteiger partial charge in [0.1, 0.15) is 0 Å². The maximum atomic E-state index is 12.8. The fourth-order valence-corrected chi connectivity index (χ4v) is 4.07. The lowest BCUT2D eigenvalue weighted by atomic mass is 10.0. The summed E-state index contributed by atoms with van der Waals surface area (Å²) < 4.78 is 6.19. The summed E-state index contributed by atoms with van der Waals surface area (Å²) in [4.78, 5) is 26.3. The van der Waals surface area contributed by atoms with Gasteiger partial charge in [-0.2, -0.15) is 0 Å². The summed E-state index contributed by atoms with van der Waals surface area (Å²) in [6.07, 6.45) is 3.71. The third kappa shape index (κ3) is 4.28. The first-order valence-corrected chi connectivity index (χ1v) is 10.4. The van der Waals surface area contributed by atoms with Crippen molar-refractivity contribution >= 4 is 33.4 Å².